The second-order valence-electron chi connectivity index (χ2n) is 8.11. The third kappa shape index (κ3) is 4.34. The number of amides is 1. The molecule has 9 heteroatoms. The first-order valence-corrected chi connectivity index (χ1v) is 11.9. The smallest absolute Gasteiger partial charge is 0.233 e. The average molecular weight is 455 g/mol. The van der Waals surface area contributed by atoms with E-state index in [1.807, 2.05) is 37.3 Å². The highest BCUT2D eigenvalue weighted by molar-refractivity contribution is 8.00. The standard InChI is InChI=1S/C23H26N4O4S/c1-15(22(28)24-13-16-9-10-18-20(12-16)31-14-30-18)32-23-26-25-21(19-8-5-11-29-19)27(23)17-6-3-2-4-7-17/h5,8-12,15,17H,2-4,6-7,13-14H2,1H3,(H,24,28). The van der Waals surface area contributed by atoms with Crippen molar-refractivity contribution in [2.45, 2.75) is 62.0 Å². The van der Waals surface area contributed by atoms with Gasteiger partial charge in [0.05, 0.1) is 11.5 Å². The summed E-state index contributed by atoms with van der Waals surface area (Å²) in [6, 6.07) is 9.78. The van der Waals surface area contributed by atoms with Crippen LogP contribution < -0.4 is 14.8 Å². The van der Waals surface area contributed by atoms with E-state index in [0.29, 0.717) is 24.1 Å². The molecule has 1 aromatic carbocycles. The summed E-state index contributed by atoms with van der Waals surface area (Å²) in [6.45, 7) is 2.56. The number of aromatic nitrogens is 3. The van der Waals surface area contributed by atoms with Crippen molar-refractivity contribution in [1.29, 1.82) is 0 Å². The van der Waals surface area contributed by atoms with Crippen LogP contribution in [0.3, 0.4) is 0 Å². The SMILES string of the molecule is CC(Sc1nnc(-c2ccco2)n1C1CCCCC1)C(=O)NCc1ccc2c(c1)OCO2. The van der Waals surface area contributed by atoms with Gasteiger partial charge in [0.1, 0.15) is 0 Å². The molecule has 0 bridgehead atoms. The highest BCUT2D eigenvalue weighted by Gasteiger charge is 2.27. The second-order valence-corrected chi connectivity index (χ2v) is 9.42. The quantitative estimate of drug-likeness (QED) is 0.523. The number of benzene rings is 1. The first-order valence-electron chi connectivity index (χ1n) is 11.0. The monoisotopic (exact) mass is 454 g/mol. The van der Waals surface area contributed by atoms with Crippen LogP contribution in [0, 0.1) is 0 Å². The molecule has 1 amide bonds. The molecule has 1 N–H and O–H groups in total. The third-order valence-electron chi connectivity index (χ3n) is 5.90. The highest BCUT2D eigenvalue weighted by Crippen LogP contribution is 2.37. The van der Waals surface area contributed by atoms with Gasteiger partial charge in [-0.15, -0.1) is 10.2 Å². The fraction of sp³-hybridized carbons (Fsp3) is 0.435. The molecule has 0 radical (unpaired) electrons. The zero-order chi connectivity index (χ0) is 21.9. The van der Waals surface area contributed by atoms with E-state index in [2.05, 4.69) is 20.1 Å². The molecule has 0 saturated heterocycles. The maximum absolute atomic E-state index is 12.8. The summed E-state index contributed by atoms with van der Waals surface area (Å²) in [6.07, 6.45) is 7.46. The Morgan fingerprint density at radius 2 is 2.03 bits per heavy atom. The van der Waals surface area contributed by atoms with Crippen LogP contribution in [0.1, 0.15) is 50.6 Å². The summed E-state index contributed by atoms with van der Waals surface area (Å²) < 4.78 is 18.5. The van der Waals surface area contributed by atoms with Gasteiger partial charge >= 0.3 is 0 Å². The number of ether oxygens (including phenoxy) is 2. The minimum atomic E-state index is -0.319. The molecule has 2 aromatic heterocycles. The molecule has 5 rings (SSSR count). The van der Waals surface area contributed by atoms with Gasteiger partial charge in [0, 0.05) is 12.6 Å². The molecule has 1 aliphatic heterocycles. The number of rotatable bonds is 7. The van der Waals surface area contributed by atoms with E-state index in [-0.39, 0.29) is 18.0 Å². The molecule has 8 nitrogen and oxygen atoms in total. The van der Waals surface area contributed by atoms with Crippen LogP contribution >= 0.6 is 11.8 Å². The van der Waals surface area contributed by atoms with E-state index in [0.717, 1.165) is 35.1 Å². The van der Waals surface area contributed by atoms with Gasteiger partial charge in [0.25, 0.3) is 0 Å². The van der Waals surface area contributed by atoms with E-state index in [1.54, 1.807) is 6.26 Å². The van der Waals surface area contributed by atoms with Crippen molar-refractivity contribution in [3.05, 3.63) is 42.2 Å². The zero-order valence-corrected chi connectivity index (χ0v) is 18.8. The Morgan fingerprint density at radius 3 is 2.84 bits per heavy atom. The lowest BCUT2D eigenvalue weighted by molar-refractivity contribution is -0.120. The Bertz CT molecular complexity index is 1080. The number of nitrogens with zero attached hydrogens (tertiary/aromatic N) is 3. The number of nitrogens with one attached hydrogen (secondary N) is 1. The first kappa shape index (κ1) is 20.9. The van der Waals surface area contributed by atoms with Crippen molar-refractivity contribution in [1.82, 2.24) is 20.1 Å². The van der Waals surface area contributed by atoms with Gasteiger partial charge in [-0.3, -0.25) is 9.36 Å². The fourth-order valence-electron chi connectivity index (χ4n) is 4.20. The van der Waals surface area contributed by atoms with Gasteiger partial charge in [0.15, 0.2) is 22.4 Å². The minimum absolute atomic E-state index is 0.0505. The first-order chi connectivity index (χ1) is 15.7. The summed E-state index contributed by atoms with van der Waals surface area (Å²) in [5, 5.41) is 12.3. The lowest BCUT2D eigenvalue weighted by atomic mass is 9.95. The minimum Gasteiger partial charge on any atom is -0.461 e. The molecule has 1 unspecified atom stereocenters. The van der Waals surface area contributed by atoms with Crippen molar-refractivity contribution in [3.63, 3.8) is 0 Å². The molecule has 1 atom stereocenters. The molecule has 1 saturated carbocycles. The molecule has 168 valence electrons. The van der Waals surface area contributed by atoms with Gasteiger partial charge in [-0.05, 0) is 49.6 Å². The van der Waals surface area contributed by atoms with Crippen molar-refractivity contribution < 1.29 is 18.7 Å². The number of carbonyl (C=O) groups excluding carboxylic acids is 1. The Hall–Kier alpha value is -2.94. The largest absolute Gasteiger partial charge is 0.461 e. The van der Waals surface area contributed by atoms with Gasteiger partial charge in [-0.25, -0.2) is 0 Å². The maximum Gasteiger partial charge on any atom is 0.233 e. The van der Waals surface area contributed by atoms with Crippen LogP contribution in [0.15, 0.2) is 46.2 Å². The zero-order valence-electron chi connectivity index (χ0n) is 18.0. The molecule has 3 heterocycles. The molecular weight excluding hydrogens is 428 g/mol. The molecule has 0 spiro atoms. The highest BCUT2D eigenvalue weighted by atomic mass is 32.2. The van der Waals surface area contributed by atoms with E-state index in [9.17, 15) is 4.79 Å². The molecule has 3 aromatic rings. The summed E-state index contributed by atoms with van der Waals surface area (Å²) in [5.41, 5.74) is 0.963. The number of hydrogen-bond acceptors (Lipinski definition) is 7. The maximum atomic E-state index is 12.8. The van der Waals surface area contributed by atoms with Gasteiger partial charge in [-0.1, -0.05) is 37.1 Å². The lowest BCUT2D eigenvalue weighted by Crippen LogP contribution is -2.30. The lowest BCUT2D eigenvalue weighted by Gasteiger charge is -2.25. The Labute approximate surface area is 190 Å². The Balaban J connectivity index is 1.28. The number of carbonyl (C=O) groups is 1. The topological polar surface area (TPSA) is 91.4 Å². The van der Waals surface area contributed by atoms with Crippen LogP contribution in [0.25, 0.3) is 11.6 Å². The summed E-state index contributed by atoms with van der Waals surface area (Å²) in [5.74, 6) is 2.83. The van der Waals surface area contributed by atoms with Crippen LogP contribution in [0.4, 0.5) is 0 Å². The Morgan fingerprint density at radius 1 is 1.19 bits per heavy atom. The van der Waals surface area contributed by atoms with Crippen molar-refractivity contribution in [2.24, 2.45) is 0 Å². The van der Waals surface area contributed by atoms with Crippen LogP contribution in [0.2, 0.25) is 0 Å². The second kappa shape index (κ2) is 9.28. The number of fused-ring (bicyclic) bond motifs is 1. The third-order valence-corrected chi connectivity index (χ3v) is 6.96. The van der Waals surface area contributed by atoms with Crippen LogP contribution in [0.5, 0.6) is 11.5 Å². The van der Waals surface area contributed by atoms with Crippen molar-refractivity contribution in [3.8, 4) is 23.1 Å². The normalized spacial score (nSPS) is 16.8. The van der Waals surface area contributed by atoms with E-state index in [4.69, 9.17) is 13.9 Å². The van der Waals surface area contributed by atoms with Crippen molar-refractivity contribution >= 4 is 17.7 Å². The number of thioether (sulfide) groups is 1. The van der Waals surface area contributed by atoms with Crippen LogP contribution in [-0.4, -0.2) is 32.7 Å². The molecular formula is C23H26N4O4S. The summed E-state index contributed by atoms with van der Waals surface area (Å²) >= 11 is 1.44. The van der Waals surface area contributed by atoms with Gasteiger partial charge in [0.2, 0.25) is 18.5 Å². The number of hydrogen-bond donors (Lipinski definition) is 1. The number of furan rings is 1. The molecule has 1 fully saturated rings. The molecule has 32 heavy (non-hydrogen) atoms. The average Bonchev–Trinajstić information content (AvgIpc) is 3.58. The fourth-order valence-corrected chi connectivity index (χ4v) is 5.14. The predicted octanol–water partition coefficient (Wildman–Crippen LogP) is 4.57. The van der Waals surface area contributed by atoms with E-state index >= 15 is 0 Å². The Kier molecular flexibility index (Phi) is 6.07. The molecule has 2 aliphatic rings. The summed E-state index contributed by atoms with van der Waals surface area (Å²) in [7, 11) is 0. The summed E-state index contributed by atoms with van der Waals surface area (Å²) in [4.78, 5) is 12.8. The van der Waals surface area contributed by atoms with E-state index < -0.39 is 0 Å². The van der Waals surface area contributed by atoms with Gasteiger partial charge in [-0.2, -0.15) is 0 Å². The predicted molar refractivity (Wildman–Crippen MR) is 120 cm³/mol. The van der Waals surface area contributed by atoms with E-state index in [1.165, 1.54) is 31.0 Å². The molecule has 1 aliphatic carbocycles. The van der Waals surface area contributed by atoms with Crippen LogP contribution in [-0.2, 0) is 11.3 Å². The van der Waals surface area contributed by atoms with Gasteiger partial charge < -0.3 is 19.2 Å². The van der Waals surface area contributed by atoms with Crippen molar-refractivity contribution in [2.75, 3.05) is 6.79 Å².